The van der Waals surface area contributed by atoms with Crippen molar-refractivity contribution in [3.63, 3.8) is 0 Å². The Morgan fingerprint density at radius 2 is 2.21 bits per heavy atom. The molecule has 1 aliphatic rings. The molecule has 0 radical (unpaired) electrons. The predicted octanol–water partition coefficient (Wildman–Crippen LogP) is 2.29. The third-order valence-corrected chi connectivity index (χ3v) is 2.98. The number of benzene rings is 1. The van der Waals surface area contributed by atoms with Gasteiger partial charge in [0.1, 0.15) is 0 Å². The lowest BCUT2D eigenvalue weighted by Crippen LogP contribution is -2.41. The normalized spacial score (nSPS) is 14.8. The van der Waals surface area contributed by atoms with E-state index in [1.54, 1.807) is 0 Å². The van der Waals surface area contributed by atoms with E-state index in [1.165, 1.54) is 0 Å². The second-order valence-corrected chi connectivity index (χ2v) is 3.86. The molecule has 2 rings (SSSR count). The van der Waals surface area contributed by atoms with E-state index < -0.39 is 0 Å². The number of rotatable bonds is 2. The van der Waals surface area contributed by atoms with Crippen LogP contribution in [0.1, 0.15) is 16.8 Å². The molecule has 0 spiro atoms. The Bertz CT molecular complexity index is 350. The van der Waals surface area contributed by atoms with Gasteiger partial charge in [-0.2, -0.15) is 0 Å². The SMILES string of the molecule is O=C(c1cccc(NI)c1)N1CCC1. The third-order valence-electron chi connectivity index (χ3n) is 2.36. The van der Waals surface area contributed by atoms with Gasteiger partial charge < -0.3 is 8.43 Å². The Kier molecular flexibility index (Phi) is 2.90. The molecule has 1 fully saturated rings. The number of nitrogens with zero attached hydrogens (tertiary/aromatic N) is 1. The maximum Gasteiger partial charge on any atom is 0.253 e. The van der Waals surface area contributed by atoms with Crippen molar-refractivity contribution in [3.05, 3.63) is 29.8 Å². The monoisotopic (exact) mass is 302 g/mol. The maximum atomic E-state index is 11.8. The second kappa shape index (κ2) is 4.16. The van der Waals surface area contributed by atoms with Crippen LogP contribution in [-0.4, -0.2) is 23.9 Å². The van der Waals surface area contributed by atoms with Gasteiger partial charge in [-0.3, -0.25) is 4.79 Å². The lowest BCUT2D eigenvalue weighted by molar-refractivity contribution is 0.0652. The van der Waals surface area contributed by atoms with Gasteiger partial charge >= 0.3 is 0 Å². The van der Waals surface area contributed by atoms with Crippen LogP contribution in [0.3, 0.4) is 0 Å². The number of anilines is 1. The van der Waals surface area contributed by atoms with Crippen LogP contribution in [0.4, 0.5) is 5.69 Å². The molecule has 4 heteroatoms. The van der Waals surface area contributed by atoms with Crippen LogP contribution in [0, 0.1) is 0 Å². The summed E-state index contributed by atoms with van der Waals surface area (Å²) in [5, 5.41) is 0. The van der Waals surface area contributed by atoms with Gasteiger partial charge in [0.2, 0.25) is 0 Å². The minimum absolute atomic E-state index is 0.143. The highest BCUT2D eigenvalue weighted by atomic mass is 127. The van der Waals surface area contributed by atoms with E-state index in [0.717, 1.165) is 30.8 Å². The summed E-state index contributed by atoms with van der Waals surface area (Å²) in [5.74, 6) is 0.143. The fourth-order valence-corrected chi connectivity index (χ4v) is 1.75. The molecule has 1 N–H and O–H groups in total. The molecule has 14 heavy (non-hydrogen) atoms. The first-order chi connectivity index (χ1) is 6.81. The van der Waals surface area contributed by atoms with Gasteiger partial charge in [0, 0.05) is 24.3 Å². The van der Waals surface area contributed by atoms with E-state index in [9.17, 15) is 4.79 Å². The van der Waals surface area contributed by atoms with E-state index in [2.05, 4.69) is 26.4 Å². The van der Waals surface area contributed by atoms with Crippen LogP contribution in [0.2, 0.25) is 0 Å². The summed E-state index contributed by atoms with van der Waals surface area (Å²) in [7, 11) is 0. The summed E-state index contributed by atoms with van der Waals surface area (Å²) in [6.07, 6.45) is 1.13. The van der Waals surface area contributed by atoms with E-state index in [1.807, 2.05) is 29.2 Å². The summed E-state index contributed by atoms with van der Waals surface area (Å²) in [5.41, 5.74) is 1.74. The molecular weight excluding hydrogens is 291 g/mol. The molecule has 0 aromatic heterocycles. The number of hydrogen-bond donors (Lipinski definition) is 1. The van der Waals surface area contributed by atoms with Gasteiger partial charge in [0.25, 0.3) is 5.91 Å². The van der Waals surface area contributed by atoms with Crippen molar-refractivity contribution in [2.45, 2.75) is 6.42 Å². The third kappa shape index (κ3) is 1.84. The molecule has 0 bridgehead atoms. The topological polar surface area (TPSA) is 32.3 Å². The van der Waals surface area contributed by atoms with Crippen molar-refractivity contribution < 1.29 is 4.79 Å². The molecule has 0 atom stereocenters. The molecule has 1 aliphatic heterocycles. The van der Waals surface area contributed by atoms with Gasteiger partial charge in [-0.1, -0.05) is 6.07 Å². The summed E-state index contributed by atoms with van der Waals surface area (Å²) in [4.78, 5) is 13.7. The lowest BCUT2D eigenvalue weighted by atomic mass is 10.1. The molecule has 3 nitrogen and oxygen atoms in total. The lowest BCUT2D eigenvalue weighted by Gasteiger charge is -2.30. The molecule has 0 saturated carbocycles. The van der Waals surface area contributed by atoms with Crippen LogP contribution in [0.25, 0.3) is 0 Å². The zero-order chi connectivity index (χ0) is 9.97. The van der Waals surface area contributed by atoms with Gasteiger partial charge in [-0.15, -0.1) is 0 Å². The average Bonchev–Trinajstić information content (AvgIpc) is 2.15. The van der Waals surface area contributed by atoms with Crippen LogP contribution in [0.5, 0.6) is 0 Å². The van der Waals surface area contributed by atoms with E-state index >= 15 is 0 Å². The minimum Gasteiger partial charge on any atom is -0.339 e. The summed E-state index contributed by atoms with van der Waals surface area (Å²) >= 11 is 2.06. The van der Waals surface area contributed by atoms with E-state index in [4.69, 9.17) is 0 Å². The van der Waals surface area contributed by atoms with Crippen LogP contribution < -0.4 is 3.53 Å². The highest BCUT2D eigenvalue weighted by Gasteiger charge is 2.21. The largest absolute Gasteiger partial charge is 0.339 e. The number of carbonyl (C=O) groups excluding carboxylic acids is 1. The Labute approximate surface area is 97.0 Å². The van der Waals surface area contributed by atoms with Crippen molar-refractivity contribution in [1.29, 1.82) is 0 Å². The summed E-state index contributed by atoms with van der Waals surface area (Å²) in [6.45, 7) is 1.81. The molecule has 1 saturated heterocycles. The van der Waals surface area contributed by atoms with Crippen molar-refractivity contribution in [2.24, 2.45) is 0 Å². The first kappa shape index (κ1) is 9.76. The van der Waals surface area contributed by atoms with Crippen molar-refractivity contribution >= 4 is 34.5 Å². The van der Waals surface area contributed by atoms with Crippen LogP contribution in [0.15, 0.2) is 24.3 Å². The van der Waals surface area contributed by atoms with Crippen LogP contribution in [-0.2, 0) is 0 Å². The number of hydrogen-bond acceptors (Lipinski definition) is 2. The van der Waals surface area contributed by atoms with E-state index in [-0.39, 0.29) is 5.91 Å². The highest BCUT2D eigenvalue weighted by Crippen LogP contribution is 2.16. The number of carbonyl (C=O) groups is 1. The number of amides is 1. The Balaban J connectivity index is 2.18. The van der Waals surface area contributed by atoms with Gasteiger partial charge in [0.05, 0.1) is 22.9 Å². The zero-order valence-electron chi connectivity index (χ0n) is 7.66. The Morgan fingerprint density at radius 3 is 2.79 bits per heavy atom. The smallest absolute Gasteiger partial charge is 0.253 e. The summed E-state index contributed by atoms with van der Waals surface area (Å²) in [6, 6.07) is 7.58. The van der Waals surface area contributed by atoms with Gasteiger partial charge in [-0.25, -0.2) is 0 Å². The van der Waals surface area contributed by atoms with Crippen molar-refractivity contribution in [3.8, 4) is 0 Å². The molecule has 74 valence electrons. The second-order valence-electron chi connectivity index (χ2n) is 3.32. The predicted molar refractivity (Wildman–Crippen MR) is 64.6 cm³/mol. The number of nitrogens with one attached hydrogen (secondary N) is 1. The van der Waals surface area contributed by atoms with E-state index in [0.29, 0.717) is 0 Å². The van der Waals surface area contributed by atoms with Crippen molar-refractivity contribution in [1.82, 2.24) is 4.90 Å². The maximum absolute atomic E-state index is 11.8. The fraction of sp³-hybridized carbons (Fsp3) is 0.300. The zero-order valence-corrected chi connectivity index (χ0v) is 9.82. The standard InChI is InChI=1S/C10H11IN2O/c11-12-9-4-1-3-8(7-9)10(14)13-5-2-6-13/h1,3-4,7,12H,2,5-6H2. The highest BCUT2D eigenvalue weighted by molar-refractivity contribution is 14.1. The first-order valence-corrected chi connectivity index (χ1v) is 5.65. The number of likely N-dealkylation sites (tertiary alicyclic amines) is 1. The van der Waals surface area contributed by atoms with Gasteiger partial charge in [-0.05, 0) is 24.6 Å². The minimum atomic E-state index is 0.143. The Morgan fingerprint density at radius 1 is 1.43 bits per heavy atom. The molecule has 1 amide bonds. The van der Waals surface area contributed by atoms with Gasteiger partial charge in [0.15, 0.2) is 0 Å². The molecule has 1 aromatic rings. The quantitative estimate of drug-likeness (QED) is 0.671. The Hall–Kier alpha value is -0.780. The number of halogens is 1. The molecule has 1 heterocycles. The molecule has 1 aromatic carbocycles. The van der Waals surface area contributed by atoms with Crippen LogP contribution >= 0.6 is 22.9 Å². The first-order valence-electron chi connectivity index (χ1n) is 4.57. The van der Waals surface area contributed by atoms with Crippen molar-refractivity contribution in [2.75, 3.05) is 16.6 Å². The molecule has 0 unspecified atom stereocenters. The molecule has 0 aliphatic carbocycles. The molecular formula is C10H11IN2O. The fourth-order valence-electron chi connectivity index (χ4n) is 1.41. The summed E-state index contributed by atoms with van der Waals surface area (Å²) < 4.78 is 3.00. The average molecular weight is 302 g/mol.